The first-order valence-electron chi connectivity index (χ1n) is 7.43. The zero-order valence-corrected chi connectivity index (χ0v) is 12.5. The normalized spacial score (nSPS) is 24.8. The highest BCUT2D eigenvalue weighted by molar-refractivity contribution is 5.79. The molecule has 0 radical (unpaired) electrons. The summed E-state index contributed by atoms with van der Waals surface area (Å²) in [7, 11) is 0. The van der Waals surface area contributed by atoms with E-state index in [1.807, 2.05) is 36.9 Å². The summed E-state index contributed by atoms with van der Waals surface area (Å²) in [4.78, 5) is 14.3. The van der Waals surface area contributed by atoms with Crippen molar-refractivity contribution < 1.29 is 19.0 Å². The number of ether oxygens (including phenoxy) is 3. The average Bonchev–Trinajstić information content (AvgIpc) is 2.46. The molecule has 0 saturated carbocycles. The predicted molar refractivity (Wildman–Crippen MR) is 77.7 cm³/mol. The second-order valence-corrected chi connectivity index (χ2v) is 5.71. The van der Waals surface area contributed by atoms with Gasteiger partial charge in [-0.2, -0.15) is 0 Å². The molecule has 2 heterocycles. The Bertz CT molecular complexity index is 521. The van der Waals surface area contributed by atoms with Gasteiger partial charge in [0, 0.05) is 13.1 Å². The van der Waals surface area contributed by atoms with Crippen molar-refractivity contribution >= 4 is 5.91 Å². The van der Waals surface area contributed by atoms with Crippen LogP contribution in [0.25, 0.3) is 0 Å². The Hall–Kier alpha value is -1.75. The Morgan fingerprint density at radius 1 is 1.14 bits per heavy atom. The molecule has 0 unspecified atom stereocenters. The van der Waals surface area contributed by atoms with Crippen LogP contribution in [0, 0.1) is 0 Å². The molecule has 0 aliphatic carbocycles. The van der Waals surface area contributed by atoms with E-state index in [0.29, 0.717) is 32.7 Å². The van der Waals surface area contributed by atoms with Crippen LogP contribution in [0.1, 0.15) is 19.4 Å². The molecule has 5 nitrogen and oxygen atoms in total. The van der Waals surface area contributed by atoms with Crippen LogP contribution in [0.15, 0.2) is 18.2 Å². The number of benzene rings is 1. The van der Waals surface area contributed by atoms with E-state index in [4.69, 9.17) is 14.2 Å². The molecule has 0 aromatic heterocycles. The van der Waals surface area contributed by atoms with E-state index in [1.165, 1.54) is 0 Å². The number of morpholine rings is 1. The van der Waals surface area contributed by atoms with Gasteiger partial charge >= 0.3 is 0 Å². The van der Waals surface area contributed by atoms with E-state index in [9.17, 15) is 4.79 Å². The lowest BCUT2D eigenvalue weighted by Gasteiger charge is -2.35. The first-order chi connectivity index (χ1) is 10.1. The van der Waals surface area contributed by atoms with Gasteiger partial charge in [0.05, 0.1) is 18.6 Å². The van der Waals surface area contributed by atoms with Gasteiger partial charge in [-0.3, -0.25) is 4.79 Å². The van der Waals surface area contributed by atoms with Gasteiger partial charge in [-0.15, -0.1) is 0 Å². The number of hydrogen-bond acceptors (Lipinski definition) is 4. The fourth-order valence-electron chi connectivity index (χ4n) is 2.87. The molecular formula is C16H21NO4. The standard InChI is InChI=1S/C16H21NO4/c1-11-9-17(10-12(2)21-11)16(18)8-13-3-4-14-15(7-13)20-6-5-19-14/h3-4,7,11-12H,5-6,8-10H2,1-2H3/t11-,12-/m0/s1. The highest BCUT2D eigenvalue weighted by Crippen LogP contribution is 2.31. The Morgan fingerprint density at radius 3 is 2.52 bits per heavy atom. The van der Waals surface area contributed by atoms with E-state index >= 15 is 0 Å². The lowest BCUT2D eigenvalue weighted by Crippen LogP contribution is -2.48. The molecular weight excluding hydrogens is 270 g/mol. The molecule has 0 N–H and O–H groups in total. The van der Waals surface area contributed by atoms with E-state index in [-0.39, 0.29) is 18.1 Å². The van der Waals surface area contributed by atoms with Gasteiger partial charge in [-0.25, -0.2) is 0 Å². The summed E-state index contributed by atoms with van der Waals surface area (Å²) < 4.78 is 16.7. The summed E-state index contributed by atoms with van der Waals surface area (Å²) in [5.41, 5.74) is 0.955. The zero-order valence-electron chi connectivity index (χ0n) is 12.5. The van der Waals surface area contributed by atoms with Crippen molar-refractivity contribution in [3.8, 4) is 11.5 Å². The maximum absolute atomic E-state index is 12.4. The molecule has 2 aliphatic rings. The van der Waals surface area contributed by atoms with Crippen molar-refractivity contribution in [2.75, 3.05) is 26.3 Å². The van der Waals surface area contributed by atoms with Gasteiger partial charge in [0.25, 0.3) is 0 Å². The number of nitrogens with zero attached hydrogens (tertiary/aromatic N) is 1. The van der Waals surface area contributed by atoms with Crippen LogP contribution < -0.4 is 9.47 Å². The molecule has 1 amide bonds. The van der Waals surface area contributed by atoms with Crippen molar-refractivity contribution in [3.05, 3.63) is 23.8 Å². The topological polar surface area (TPSA) is 48.0 Å². The first kappa shape index (κ1) is 14.2. The van der Waals surface area contributed by atoms with Gasteiger partial charge in [0.1, 0.15) is 13.2 Å². The quantitative estimate of drug-likeness (QED) is 0.831. The van der Waals surface area contributed by atoms with Gasteiger partial charge in [0.15, 0.2) is 11.5 Å². The van der Waals surface area contributed by atoms with Gasteiger partial charge in [-0.05, 0) is 31.5 Å². The summed E-state index contributed by atoms with van der Waals surface area (Å²) in [6.45, 7) is 6.46. The highest BCUT2D eigenvalue weighted by Gasteiger charge is 2.26. The minimum absolute atomic E-state index is 0.0953. The summed E-state index contributed by atoms with van der Waals surface area (Å²) >= 11 is 0. The van der Waals surface area contributed by atoms with Crippen LogP contribution in [0.2, 0.25) is 0 Å². The molecule has 0 bridgehead atoms. The van der Waals surface area contributed by atoms with E-state index in [0.717, 1.165) is 17.1 Å². The molecule has 1 aromatic rings. The number of hydrogen-bond donors (Lipinski definition) is 0. The third-order valence-electron chi connectivity index (χ3n) is 3.73. The Morgan fingerprint density at radius 2 is 1.81 bits per heavy atom. The molecule has 0 spiro atoms. The molecule has 1 saturated heterocycles. The van der Waals surface area contributed by atoms with Crippen molar-refractivity contribution in [1.29, 1.82) is 0 Å². The van der Waals surface area contributed by atoms with Gasteiger partial charge in [-0.1, -0.05) is 6.07 Å². The monoisotopic (exact) mass is 291 g/mol. The first-order valence-corrected chi connectivity index (χ1v) is 7.43. The van der Waals surface area contributed by atoms with Crippen LogP contribution in [0.5, 0.6) is 11.5 Å². The minimum Gasteiger partial charge on any atom is -0.486 e. The number of carbonyl (C=O) groups excluding carboxylic acids is 1. The molecule has 5 heteroatoms. The zero-order chi connectivity index (χ0) is 14.8. The number of rotatable bonds is 2. The summed E-state index contributed by atoms with van der Waals surface area (Å²) in [5, 5.41) is 0. The maximum atomic E-state index is 12.4. The molecule has 21 heavy (non-hydrogen) atoms. The fraction of sp³-hybridized carbons (Fsp3) is 0.562. The lowest BCUT2D eigenvalue weighted by molar-refractivity contribution is -0.142. The van der Waals surface area contributed by atoms with Gasteiger partial charge in [0.2, 0.25) is 5.91 Å². The second-order valence-electron chi connectivity index (χ2n) is 5.71. The van der Waals surface area contributed by atoms with Crippen LogP contribution in [-0.4, -0.2) is 49.3 Å². The molecule has 2 aliphatic heterocycles. The molecule has 3 rings (SSSR count). The SMILES string of the molecule is C[C@H]1CN(C(=O)Cc2ccc3c(c2)OCCO3)C[C@H](C)O1. The predicted octanol–water partition coefficient (Wildman–Crippen LogP) is 1.64. The smallest absolute Gasteiger partial charge is 0.227 e. The third-order valence-corrected chi connectivity index (χ3v) is 3.73. The summed E-state index contributed by atoms with van der Waals surface area (Å²) in [6.07, 6.45) is 0.576. The number of carbonyl (C=O) groups is 1. The largest absolute Gasteiger partial charge is 0.486 e. The Labute approximate surface area is 124 Å². The van der Waals surface area contributed by atoms with E-state index in [1.54, 1.807) is 0 Å². The molecule has 1 fully saturated rings. The van der Waals surface area contributed by atoms with Crippen LogP contribution in [-0.2, 0) is 16.0 Å². The van der Waals surface area contributed by atoms with Crippen LogP contribution >= 0.6 is 0 Å². The van der Waals surface area contributed by atoms with Crippen molar-refractivity contribution in [2.24, 2.45) is 0 Å². The lowest BCUT2D eigenvalue weighted by atomic mass is 10.1. The maximum Gasteiger partial charge on any atom is 0.227 e. The van der Waals surface area contributed by atoms with Crippen LogP contribution in [0.3, 0.4) is 0 Å². The number of fused-ring (bicyclic) bond motifs is 1. The fourth-order valence-corrected chi connectivity index (χ4v) is 2.87. The van der Waals surface area contributed by atoms with E-state index in [2.05, 4.69) is 0 Å². The average molecular weight is 291 g/mol. The Kier molecular flexibility index (Phi) is 4.01. The molecule has 114 valence electrons. The summed E-state index contributed by atoms with van der Waals surface area (Å²) in [5.74, 6) is 1.62. The molecule has 2 atom stereocenters. The third kappa shape index (κ3) is 3.29. The summed E-state index contributed by atoms with van der Waals surface area (Å²) in [6, 6.07) is 5.71. The second kappa shape index (κ2) is 5.93. The van der Waals surface area contributed by atoms with Crippen molar-refractivity contribution in [2.45, 2.75) is 32.5 Å². The van der Waals surface area contributed by atoms with Crippen LogP contribution in [0.4, 0.5) is 0 Å². The van der Waals surface area contributed by atoms with Crippen molar-refractivity contribution in [3.63, 3.8) is 0 Å². The number of amides is 1. The Balaban J connectivity index is 1.67. The molecule has 1 aromatic carbocycles. The van der Waals surface area contributed by atoms with Crippen molar-refractivity contribution in [1.82, 2.24) is 4.90 Å². The highest BCUT2D eigenvalue weighted by atomic mass is 16.6. The minimum atomic E-state index is 0.0953. The van der Waals surface area contributed by atoms with E-state index < -0.39 is 0 Å². The van der Waals surface area contributed by atoms with Gasteiger partial charge < -0.3 is 19.1 Å².